The fourth-order valence-corrected chi connectivity index (χ4v) is 2.88. The topological polar surface area (TPSA) is 109 Å². The van der Waals surface area contributed by atoms with Crippen molar-refractivity contribution >= 4 is 17.7 Å². The number of hydrogen-bond donors (Lipinski definition) is 3. The molecule has 1 atom stereocenters. The van der Waals surface area contributed by atoms with Gasteiger partial charge in [-0.3, -0.25) is 9.59 Å². The summed E-state index contributed by atoms with van der Waals surface area (Å²) in [5.74, 6) is -0.758. The van der Waals surface area contributed by atoms with Crippen LogP contribution in [0.15, 0.2) is 16.0 Å². The van der Waals surface area contributed by atoms with E-state index in [2.05, 4.69) is 9.97 Å². The van der Waals surface area contributed by atoms with Crippen LogP contribution in [-0.4, -0.2) is 32.3 Å². The number of aromatic amines is 1. The van der Waals surface area contributed by atoms with Gasteiger partial charge in [0.2, 0.25) is 0 Å². The van der Waals surface area contributed by atoms with E-state index in [9.17, 15) is 14.7 Å². The van der Waals surface area contributed by atoms with Gasteiger partial charge >= 0.3 is 5.97 Å². The van der Waals surface area contributed by atoms with E-state index in [4.69, 9.17) is 5.73 Å². The second-order valence-corrected chi connectivity index (χ2v) is 5.56. The molecule has 0 spiro atoms. The van der Waals surface area contributed by atoms with Crippen LogP contribution in [0.3, 0.4) is 0 Å². The lowest BCUT2D eigenvalue weighted by Crippen LogP contribution is -2.52. The van der Waals surface area contributed by atoms with Crippen molar-refractivity contribution in [2.45, 2.75) is 30.5 Å². The average Bonchev–Trinajstić information content (AvgIpc) is 3.08. The number of aromatic nitrogens is 2. The van der Waals surface area contributed by atoms with Crippen LogP contribution in [0.4, 0.5) is 0 Å². The molecule has 0 aromatic carbocycles. The van der Waals surface area contributed by atoms with Crippen molar-refractivity contribution in [3.8, 4) is 0 Å². The van der Waals surface area contributed by atoms with E-state index in [1.807, 2.05) is 0 Å². The SMILES string of the molecule is Cc1cc(=O)[nH]c(SCC(N)(C(=O)O)C2CC2)n1. The third kappa shape index (κ3) is 2.73. The number of aryl methyl sites for hydroxylation is 1. The van der Waals surface area contributed by atoms with Gasteiger partial charge in [-0.15, -0.1) is 0 Å². The van der Waals surface area contributed by atoms with Gasteiger partial charge < -0.3 is 15.8 Å². The third-order valence-electron chi connectivity index (χ3n) is 3.00. The molecule has 4 N–H and O–H groups in total. The largest absolute Gasteiger partial charge is 0.480 e. The number of hydrogen-bond acceptors (Lipinski definition) is 5. The van der Waals surface area contributed by atoms with Crippen LogP contribution in [0, 0.1) is 12.8 Å². The zero-order valence-corrected chi connectivity index (χ0v) is 10.8. The molecule has 1 aliphatic rings. The molecule has 0 amide bonds. The minimum absolute atomic E-state index is 0.0269. The molecule has 2 rings (SSSR count). The molecule has 1 aliphatic carbocycles. The lowest BCUT2D eigenvalue weighted by atomic mass is 9.98. The van der Waals surface area contributed by atoms with Gasteiger partial charge in [-0.2, -0.15) is 0 Å². The predicted octanol–water partition coefficient (Wildman–Crippen LogP) is 0.363. The molecule has 1 saturated carbocycles. The zero-order valence-electron chi connectivity index (χ0n) is 9.97. The Hall–Kier alpha value is -1.34. The number of thioether (sulfide) groups is 1. The standard InChI is InChI=1S/C11H15N3O3S/c1-6-4-8(15)14-10(13-6)18-5-11(12,9(16)17)7-2-3-7/h4,7H,2-3,5,12H2,1H3,(H,16,17)(H,13,14,15). The number of carbonyl (C=O) groups is 1. The highest BCUT2D eigenvalue weighted by Gasteiger charge is 2.48. The first-order valence-corrected chi connectivity index (χ1v) is 6.63. The third-order valence-corrected chi connectivity index (χ3v) is 4.09. The molecule has 1 aromatic heterocycles. The molecule has 18 heavy (non-hydrogen) atoms. The summed E-state index contributed by atoms with van der Waals surface area (Å²) in [5, 5.41) is 9.61. The summed E-state index contributed by atoms with van der Waals surface area (Å²) < 4.78 is 0. The van der Waals surface area contributed by atoms with Gasteiger partial charge in [0, 0.05) is 17.5 Å². The summed E-state index contributed by atoms with van der Waals surface area (Å²) in [5.41, 5.74) is 5.06. The van der Waals surface area contributed by atoms with Crippen molar-refractivity contribution in [1.29, 1.82) is 0 Å². The first-order chi connectivity index (χ1) is 8.41. The van der Waals surface area contributed by atoms with Crippen molar-refractivity contribution in [1.82, 2.24) is 9.97 Å². The van der Waals surface area contributed by atoms with Gasteiger partial charge in [0.15, 0.2) is 5.16 Å². The molecule has 1 heterocycles. The Kier molecular flexibility index (Phi) is 3.45. The highest BCUT2D eigenvalue weighted by Crippen LogP contribution is 2.40. The first kappa shape index (κ1) is 13.1. The Morgan fingerprint density at radius 1 is 1.72 bits per heavy atom. The van der Waals surface area contributed by atoms with Crippen LogP contribution in [0.1, 0.15) is 18.5 Å². The summed E-state index contributed by atoms with van der Waals surface area (Å²) >= 11 is 1.18. The molecule has 1 unspecified atom stereocenters. The smallest absolute Gasteiger partial charge is 0.324 e. The molecular weight excluding hydrogens is 254 g/mol. The average molecular weight is 269 g/mol. The Labute approximate surface area is 108 Å². The highest BCUT2D eigenvalue weighted by atomic mass is 32.2. The lowest BCUT2D eigenvalue weighted by molar-refractivity contribution is -0.143. The van der Waals surface area contributed by atoms with Crippen LogP contribution in [-0.2, 0) is 4.79 Å². The Balaban J connectivity index is 2.10. The molecule has 1 aromatic rings. The van der Waals surface area contributed by atoms with Crippen molar-refractivity contribution < 1.29 is 9.90 Å². The molecule has 7 heteroatoms. The quantitative estimate of drug-likeness (QED) is 0.526. The molecule has 98 valence electrons. The monoisotopic (exact) mass is 269 g/mol. The van der Waals surface area contributed by atoms with Gasteiger partial charge in [-0.05, 0) is 25.7 Å². The number of carboxylic acid groups (broad SMARTS) is 1. The molecule has 6 nitrogen and oxygen atoms in total. The Morgan fingerprint density at radius 2 is 2.39 bits per heavy atom. The van der Waals surface area contributed by atoms with E-state index in [0.29, 0.717) is 10.9 Å². The van der Waals surface area contributed by atoms with E-state index in [0.717, 1.165) is 12.8 Å². The van der Waals surface area contributed by atoms with Crippen LogP contribution < -0.4 is 11.3 Å². The van der Waals surface area contributed by atoms with E-state index in [1.165, 1.54) is 17.8 Å². The molecule has 1 fully saturated rings. The van der Waals surface area contributed by atoms with Crippen molar-refractivity contribution in [3.05, 3.63) is 22.1 Å². The van der Waals surface area contributed by atoms with E-state index >= 15 is 0 Å². The maximum atomic E-state index is 11.3. The fraction of sp³-hybridized carbons (Fsp3) is 0.545. The summed E-state index contributed by atoms with van der Waals surface area (Å²) in [6.07, 6.45) is 1.70. The summed E-state index contributed by atoms with van der Waals surface area (Å²) in [6.45, 7) is 1.72. The Bertz CT molecular complexity index is 527. The minimum atomic E-state index is -1.23. The van der Waals surface area contributed by atoms with Gasteiger partial charge in [-0.1, -0.05) is 11.8 Å². The number of rotatable bonds is 5. The first-order valence-electron chi connectivity index (χ1n) is 5.65. The van der Waals surface area contributed by atoms with Crippen LogP contribution in [0.5, 0.6) is 0 Å². The second kappa shape index (κ2) is 4.74. The van der Waals surface area contributed by atoms with E-state index in [-0.39, 0.29) is 17.2 Å². The van der Waals surface area contributed by atoms with Crippen LogP contribution in [0.25, 0.3) is 0 Å². The van der Waals surface area contributed by atoms with Gasteiger partial charge in [0.25, 0.3) is 5.56 Å². The van der Waals surface area contributed by atoms with Crippen molar-refractivity contribution in [3.63, 3.8) is 0 Å². The maximum absolute atomic E-state index is 11.3. The molecule has 0 bridgehead atoms. The second-order valence-electron chi connectivity index (χ2n) is 4.60. The fourth-order valence-electron chi connectivity index (χ4n) is 1.76. The molecule has 0 aliphatic heterocycles. The Morgan fingerprint density at radius 3 is 2.89 bits per heavy atom. The number of nitrogens with one attached hydrogen (secondary N) is 1. The number of nitrogens with zero attached hydrogens (tertiary/aromatic N) is 1. The van der Waals surface area contributed by atoms with Gasteiger partial charge in [-0.25, -0.2) is 4.98 Å². The summed E-state index contributed by atoms with van der Waals surface area (Å²) in [4.78, 5) is 29.2. The number of H-pyrrole nitrogens is 1. The highest BCUT2D eigenvalue weighted by molar-refractivity contribution is 7.99. The number of nitrogens with two attached hydrogens (primary N) is 1. The molecule has 0 radical (unpaired) electrons. The van der Waals surface area contributed by atoms with Gasteiger partial charge in [0.1, 0.15) is 5.54 Å². The predicted molar refractivity (Wildman–Crippen MR) is 67.6 cm³/mol. The summed E-state index contributed by atoms with van der Waals surface area (Å²) in [7, 11) is 0. The van der Waals surface area contributed by atoms with Crippen molar-refractivity contribution in [2.24, 2.45) is 11.7 Å². The van der Waals surface area contributed by atoms with Crippen LogP contribution in [0.2, 0.25) is 0 Å². The van der Waals surface area contributed by atoms with E-state index < -0.39 is 11.5 Å². The molecule has 0 saturated heterocycles. The lowest BCUT2D eigenvalue weighted by Gasteiger charge is -2.23. The normalized spacial score (nSPS) is 18.3. The van der Waals surface area contributed by atoms with Gasteiger partial charge in [0.05, 0.1) is 0 Å². The summed E-state index contributed by atoms with van der Waals surface area (Å²) in [6, 6.07) is 1.39. The molecular formula is C11H15N3O3S. The van der Waals surface area contributed by atoms with Crippen molar-refractivity contribution in [2.75, 3.05) is 5.75 Å². The number of carboxylic acids is 1. The maximum Gasteiger partial charge on any atom is 0.324 e. The van der Waals surface area contributed by atoms with Crippen LogP contribution >= 0.6 is 11.8 Å². The zero-order chi connectivity index (χ0) is 13.3. The number of aliphatic carboxylic acids is 1. The minimum Gasteiger partial charge on any atom is -0.480 e. The van der Waals surface area contributed by atoms with E-state index in [1.54, 1.807) is 6.92 Å².